The molecule has 0 aliphatic heterocycles. The Labute approximate surface area is 156 Å². The number of carbonyl (C=O) groups is 1. The first-order chi connectivity index (χ1) is 12.4. The normalized spacial score (nSPS) is 12.0. The first-order valence-electron chi connectivity index (χ1n) is 8.72. The maximum atomic E-state index is 13.9. The summed E-state index contributed by atoms with van der Waals surface area (Å²) in [6, 6.07) is -0.419. The second-order valence-electron chi connectivity index (χ2n) is 7.10. The molecule has 0 aliphatic carbocycles. The number of hydrogen-bond acceptors (Lipinski definition) is 2. The molecule has 1 aromatic carbocycles. The summed E-state index contributed by atoms with van der Waals surface area (Å²) >= 11 is 0. The number of nitrogens with zero attached hydrogens (tertiary/aromatic N) is 2. The summed E-state index contributed by atoms with van der Waals surface area (Å²) in [4.78, 5) is 22.4. The molecule has 10 heteroatoms. The summed E-state index contributed by atoms with van der Waals surface area (Å²) in [7, 11) is -2.53. The molecule has 0 aromatic heterocycles. The number of rotatable bonds is 8. The molecule has 0 heterocycles. The number of halogens is 5. The molecule has 0 unspecified atom stereocenters. The number of unbranched alkanes of at least 4 members (excludes halogenated alkanes) is 1. The van der Waals surface area contributed by atoms with E-state index in [9.17, 15) is 31.7 Å². The molecule has 0 bridgehead atoms. The number of amides is 2. The lowest BCUT2D eigenvalue weighted by molar-refractivity contribution is 0.0620. The van der Waals surface area contributed by atoms with E-state index in [1.807, 2.05) is 27.7 Å². The van der Waals surface area contributed by atoms with Crippen LogP contribution in [0, 0.1) is 17.5 Å². The third-order valence-electron chi connectivity index (χ3n) is 4.78. The Morgan fingerprint density at radius 3 is 2.11 bits per heavy atom. The van der Waals surface area contributed by atoms with Gasteiger partial charge in [-0.05, 0) is 35.7 Å². The van der Waals surface area contributed by atoms with Crippen molar-refractivity contribution in [2.24, 2.45) is 0 Å². The Hall–Kier alpha value is -1.68. The number of benzene rings is 1. The molecule has 0 radical (unpaired) electrons. The van der Waals surface area contributed by atoms with Crippen LogP contribution >= 0.6 is 0 Å². The summed E-state index contributed by atoms with van der Waals surface area (Å²) < 4.78 is 67.2. The van der Waals surface area contributed by atoms with Crippen molar-refractivity contribution in [1.82, 2.24) is 5.12 Å². The highest BCUT2D eigenvalue weighted by Crippen LogP contribution is 2.34. The highest BCUT2D eigenvalue weighted by molar-refractivity contribution is 6.75. The van der Waals surface area contributed by atoms with Crippen LogP contribution in [0.15, 0.2) is 12.1 Å². The molecule has 4 nitrogen and oxygen atoms in total. The van der Waals surface area contributed by atoms with Gasteiger partial charge in [0.1, 0.15) is 5.69 Å². The molecule has 1 aromatic rings. The van der Waals surface area contributed by atoms with E-state index in [-0.39, 0.29) is 17.5 Å². The Bertz CT molecular complexity index is 652. The molecule has 0 saturated carbocycles. The second-order valence-corrected chi connectivity index (χ2v) is 11.9. The number of carbonyl (C=O) groups excluding carboxylic acids is 1. The monoisotopic (exact) mass is 412 g/mol. The van der Waals surface area contributed by atoms with Gasteiger partial charge in [0.15, 0.2) is 25.8 Å². The average molecular weight is 412 g/mol. The van der Waals surface area contributed by atoms with Crippen LogP contribution < -0.4 is 5.12 Å². The lowest BCUT2D eigenvalue weighted by Gasteiger charge is -2.33. The topological polar surface area (TPSA) is 43.8 Å². The van der Waals surface area contributed by atoms with Crippen LogP contribution in [0.1, 0.15) is 40.5 Å². The average Bonchev–Trinajstić information content (AvgIpc) is 2.61. The third kappa shape index (κ3) is 5.41. The van der Waals surface area contributed by atoms with Gasteiger partial charge in [-0.3, -0.25) is 0 Å². The zero-order valence-electron chi connectivity index (χ0n) is 15.8. The lowest BCUT2D eigenvalue weighted by atomic mass is 10.3. The smallest absolute Gasteiger partial charge is 0.381 e. The van der Waals surface area contributed by atoms with E-state index >= 15 is 0 Å². The van der Waals surface area contributed by atoms with Gasteiger partial charge in [-0.15, -0.1) is 5.12 Å². The van der Waals surface area contributed by atoms with Gasteiger partial charge in [0, 0.05) is 0 Å². The van der Waals surface area contributed by atoms with E-state index in [0.717, 1.165) is 0 Å². The summed E-state index contributed by atoms with van der Waals surface area (Å²) in [5.41, 5.74) is -1.00. The summed E-state index contributed by atoms with van der Waals surface area (Å²) in [5.74, 6) is -5.44. The summed E-state index contributed by atoms with van der Waals surface area (Å²) in [6.45, 7) is 7.22. The lowest BCUT2D eigenvalue weighted by Crippen LogP contribution is -2.41. The van der Waals surface area contributed by atoms with Gasteiger partial charge in [0.05, 0.1) is 6.54 Å². The molecule has 2 amide bonds. The zero-order valence-corrected chi connectivity index (χ0v) is 16.8. The van der Waals surface area contributed by atoms with Gasteiger partial charge in [0.25, 0.3) is 0 Å². The van der Waals surface area contributed by atoms with Crippen molar-refractivity contribution in [3.05, 3.63) is 29.6 Å². The molecular formula is C17H25F5N2O2Si. The minimum absolute atomic E-state index is 0.110. The fourth-order valence-electron chi connectivity index (χ4n) is 2.86. The molecular weight excluding hydrogens is 387 g/mol. The highest BCUT2D eigenvalue weighted by Gasteiger charge is 2.37. The number of urea groups is 1. The van der Waals surface area contributed by atoms with Crippen LogP contribution in [0.3, 0.4) is 0 Å². The van der Waals surface area contributed by atoms with Crippen molar-refractivity contribution in [3.8, 4) is 0 Å². The predicted molar refractivity (Wildman–Crippen MR) is 95.3 cm³/mol. The van der Waals surface area contributed by atoms with Crippen LogP contribution in [-0.4, -0.2) is 30.8 Å². The van der Waals surface area contributed by atoms with Crippen molar-refractivity contribution in [3.63, 3.8) is 0 Å². The quantitative estimate of drug-likeness (QED) is 0.197. The van der Waals surface area contributed by atoms with E-state index in [2.05, 4.69) is 0 Å². The van der Waals surface area contributed by atoms with Crippen molar-refractivity contribution < 1.29 is 31.7 Å². The second kappa shape index (κ2) is 9.49. The fraction of sp³-hybridized carbons (Fsp3) is 0.588. The van der Waals surface area contributed by atoms with Gasteiger partial charge in [-0.1, -0.05) is 43.1 Å². The van der Waals surface area contributed by atoms with Gasteiger partial charge >= 0.3 is 6.03 Å². The minimum atomic E-state index is -2.53. The SMILES string of the molecule is CC(C)[Si](O)(CCCCN(F)C(=O)N(F)c1ccc(F)c(F)c1F)C(C)C. The largest absolute Gasteiger partial charge is 0.431 e. The van der Waals surface area contributed by atoms with Gasteiger partial charge in [0.2, 0.25) is 0 Å². The summed E-state index contributed by atoms with van der Waals surface area (Å²) in [6.07, 6.45) is 0.587. The van der Waals surface area contributed by atoms with E-state index < -0.39 is 54.3 Å². The van der Waals surface area contributed by atoms with Gasteiger partial charge in [-0.25, -0.2) is 18.0 Å². The van der Waals surface area contributed by atoms with Gasteiger partial charge in [-0.2, -0.15) is 5.12 Å². The highest BCUT2D eigenvalue weighted by atomic mass is 28.4. The Balaban J connectivity index is 2.64. The van der Waals surface area contributed by atoms with Crippen molar-refractivity contribution in [2.75, 3.05) is 11.7 Å². The molecule has 1 N–H and O–H groups in total. The number of hydrogen-bond donors (Lipinski definition) is 1. The molecule has 0 aliphatic rings. The minimum Gasteiger partial charge on any atom is -0.431 e. The van der Waals surface area contributed by atoms with E-state index in [0.29, 0.717) is 24.6 Å². The molecule has 0 saturated heterocycles. The van der Waals surface area contributed by atoms with Crippen molar-refractivity contribution >= 4 is 20.0 Å². The third-order valence-corrected chi connectivity index (χ3v) is 9.94. The van der Waals surface area contributed by atoms with Crippen LogP contribution in [-0.2, 0) is 0 Å². The maximum absolute atomic E-state index is 13.9. The Kier molecular flexibility index (Phi) is 8.21. The van der Waals surface area contributed by atoms with Crippen LogP contribution in [0.25, 0.3) is 0 Å². The first-order valence-corrected chi connectivity index (χ1v) is 11.0. The van der Waals surface area contributed by atoms with Crippen LogP contribution in [0.4, 0.5) is 32.6 Å². The van der Waals surface area contributed by atoms with Crippen molar-refractivity contribution in [2.45, 2.75) is 57.7 Å². The van der Waals surface area contributed by atoms with Gasteiger partial charge < -0.3 is 4.80 Å². The number of anilines is 1. The predicted octanol–water partition coefficient (Wildman–Crippen LogP) is 5.64. The molecule has 27 heavy (non-hydrogen) atoms. The Morgan fingerprint density at radius 2 is 1.59 bits per heavy atom. The van der Waals surface area contributed by atoms with E-state index in [1.54, 1.807) is 0 Å². The fourth-order valence-corrected chi connectivity index (χ4v) is 6.17. The molecule has 0 fully saturated rings. The molecule has 1 rings (SSSR count). The van der Waals surface area contributed by atoms with Crippen LogP contribution in [0.5, 0.6) is 0 Å². The standard InChI is InChI=1S/C17H25F5N2O2Si/c1-11(2)27(26,12(3)4)10-6-5-9-23(21)17(25)24(22)14-8-7-13(18)15(19)16(14)20/h7-8,11-12,26H,5-6,9-10H2,1-4H3. The van der Waals surface area contributed by atoms with E-state index in [4.69, 9.17) is 0 Å². The summed E-state index contributed by atoms with van der Waals surface area (Å²) in [5, 5.41) is -1.38. The maximum Gasteiger partial charge on any atom is 0.381 e. The van der Waals surface area contributed by atoms with E-state index in [1.165, 1.54) is 0 Å². The van der Waals surface area contributed by atoms with Crippen LogP contribution in [0.2, 0.25) is 17.1 Å². The first kappa shape index (κ1) is 23.4. The molecule has 154 valence electrons. The Morgan fingerprint density at radius 1 is 1.04 bits per heavy atom. The molecule has 0 spiro atoms. The zero-order chi connectivity index (χ0) is 20.9. The van der Waals surface area contributed by atoms with Crippen molar-refractivity contribution in [1.29, 1.82) is 0 Å². The molecule has 0 atom stereocenters.